The third kappa shape index (κ3) is 3.74. The summed E-state index contributed by atoms with van der Waals surface area (Å²) in [5.74, 6) is 2.55. The quantitative estimate of drug-likeness (QED) is 0.785. The Morgan fingerprint density at radius 1 is 0.967 bits per heavy atom. The van der Waals surface area contributed by atoms with E-state index in [1.807, 2.05) is 58.3 Å². The first-order chi connectivity index (χ1) is 14.7. The van der Waals surface area contributed by atoms with Crippen LogP contribution in [0.5, 0.6) is 11.5 Å². The third-order valence-corrected chi connectivity index (χ3v) is 6.57. The summed E-state index contributed by atoms with van der Waals surface area (Å²) in [6, 6.07) is 15.3. The first-order valence-corrected chi connectivity index (χ1v) is 10.7. The van der Waals surface area contributed by atoms with Gasteiger partial charge in [-0.05, 0) is 54.5 Å². The molecule has 6 nitrogen and oxygen atoms in total. The molecule has 3 aliphatic heterocycles. The van der Waals surface area contributed by atoms with E-state index in [0.717, 1.165) is 55.1 Å². The summed E-state index contributed by atoms with van der Waals surface area (Å²) < 4.78 is 10.8. The molecule has 2 amide bonds. The van der Waals surface area contributed by atoms with Crippen molar-refractivity contribution >= 4 is 11.8 Å². The van der Waals surface area contributed by atoms with Crippen molar-refractivity contribution in [3.63, 3.8) is 0 Å². The van der Waals surface area contributed by atoms with Crippen LogP contribution in [-0.2, 0) is 11.3 Å². The van der Waals surface area contributed by atoms with Gasteiger partial charge in [-0.3, -0.25) is 9.59 Å². The van der Waals surface area contributed by atoms with Gasteiger partial charge in [-0.25, -0.2) is 0 Å². The van der Waals surface area contributed by atoms with E-state index in [4.69, 9.17) is 9.47 Å². The number of benzene rings is 2. The highest BCUT2D eigenvalue weighted by molar-refractivity contribution is 5.94. The molecule has 0 saturated carbocycles. The normalized spacial score (nSPS) is 23.1. The fourth-order valence-electron chi connectivity index (χ4n) is 4.85. The topological polar surface area (TPSA) is 59.1 Å². The van der Waals surface area contributed by atoms with Crippen LogP contribution in [-0.4, -0.2) is 48.0 Å². The van der Waals surface area contributed by atoms with Crippen LogP contribution in [0.2, 0.25) is 0 Å². The Balaban J connectivity index is 1.24. The van der Waals surface area contributed by atoms with Crippen LogP contribution >= 0.6 is 0 Å². The number of ether oxygens (including phenoxy) is 2. The number of nitrogens with zero attached hydrogens (tertiary/aromatic N) is 2. The lowest BCUT2D eigenvalue weighted by Gasteiger charge is -2.37. The SMILES string of the molecule is O=C1CC2CCN(C(=O)c3ccccc3)CC2CCN1Cc1ccc2c(c1)OCO2. The molecule has 3 heterocycles. The molecule has 0 aliphatic carbocycles. The Morgan fingerprint density at radius 3 is 2.63 bits per heavy atom. The molecule has 156 valence electrons. The molecule has 3 aliphatic rings. The average molecular weight is 406 g/mol. The van der Waals surface area contributed by atoms with Crippen molar-refractivity contribution < 1.29 is 19.1 Å². The highest BCUT2D eigenvalue weighted by Crippen LogP contribution is 2.35. The van der Waals surface area contributed by atoms with Crippen molar-refractivity contribution in [3.8, 4) is 11.5 Å². The highest BCUT2D eigenvalue weighted by atomic mass is 16.7. The highest BCUT2D eigenvalue weighted by Gasteiger charge is 2.36. The summed E-state index contributed by atoms with van der Waals surface area (Å²) in [4.78, 5) is 29.7. The number of carbonyl (C=O) groups is 2. The van der Waals surface area contributed by atoms with Gasteiger partial charge in [0.15, 0.2) is 11.5 Å². The Hall–Kier alpha value is -3.02. The van der Waals surface area contributed by atoms with E-state index in [0.29, 0.717) is 24.8 Å². The predicted molar refractivity (Wildman–Crippen MR) is 111 cm³/mol. The monoisotopic (exact) mass is 406 g/mol. The molecule has 2 fully saturated rings. The van der Waals surface area contributed by atoms with Crippen LogP contribution in [0, 0.1) is 11.8 Å². The fourth-order valence-corrected chi connectivity index (χ4v) is 4.85. The second kappa shape index (κ2) is 8.01. The molecule has 2 atom stereocenters. The summed E-state index contributed by atoms with van der Waals surface area (Å²) in [6.07, 6.45) is 2.40. The number of piperidine rings is 1. The number of hydrogen-bond acceptors (Lipinski definition) is 4. The van der Waals surface area contributed by atoms with Crippen molar-refractivity contribution in [2.45, 2.75) is 25.8 Å². The number of hydrogen-bond donors (Lipinski definition) is 0. The van der Waals surface area contributed by atoms with E-state index in [1.165, 1.54) is 0 Å². The first kappa shape index (κ1) is 19.0. The Kier molecular flexibility index (Phi) is 5.07. The average Bonchev–Trinajstić information content (AvgIpc) is 3.19. The Bertz CT molecular complexity index is 945. The smallest absolute Gasteiger partial charge is 0.253 e. The molecule has 0 N–H and O–H groups in total. The second-order valence-electron chi connectivity index (χ2n) is 8.42. The number of fused-ring (bicyclic) bond motifs is 2. The predicted octanol–water partition coefficient (Wildman–Crippen LogP) is 3.32. The van der Waals surface area contributed by atoms with Crippen LogP contribution in [0.4, 0.5) is 0 Å². The third-order valence-electron chi connectivity index (χ3n) is 6.57. The van der Waals surface area contributed by atoms with Gasteiger partial charge in [-0.1, -0.05) is 24.3 Å². The molecule has 6 heteroatoms. The summed E-state index contributed by atoms with van der Waals surface area (Å²) in [7, 11) is 0. The summed E-state index contributed by atoms with van der Waals surface area (Å²) >= 11 is 0. The van der Waals surface area contributed by atoms with E-state index in [9.17, 15) is 9.59 Å². The van der Waals surface area contributed by atoms with Gasteiger partial charge in [0.1, 0.15) is 0 Å². The lowest BCUT2D eigenvalue weighted by Crippen LogP contribution is -2.43. The maximum absolute atomic E-state index is 12.9. The molecular weight excluding hydrogens is 380 g/mol. The lowest BCUT2D eigenvalue weighted by molar-refractivity contribution is -0.132. The Labute approximate surface area is 176 Å². The molecule has 30 heavy (non-hydrogen) atoms. The van der Waals surface area contributed by atoms with E-state index in [-0.39, 0.29) is 18.6 Å². The van der Waals surface area contributed by atoms with Gasteiger partial charge in [-0.15, -0.1) is 0 Å². The maximum Gasteiger partial charge on any atom is 0.253 e. The minimum atomic E-state index is 0.0989. The van der Waals surface area contributed by atoms with Crippen molar-refractivity contribution in [1.82, 2.24) is 9.80 Å². The van der Waals surface area contributed by atoms with Crippen LogP contribution in [0.3, 0.4) is 0 Å². The van der Waals surface area contributed by atoms with Crippen molar-refractivity contribution in [1.29, 1.82) is 0 Å². The van der Waals surface area contributed by atoms with Gasteiger partial charge in [0, 0.05) is 38.2 Å². The van der Waals surface area contributed by atoms with Gasteiger partial charge in [0.2, 0.25) is 12.7 Å². The van der Waals surface area contributed by atoms with E-state index >= 15 is 0 Å². The van der Waals surface area contributed by atoms with Crippen molar-refractivity contribution in [2.75, 3.05) is 26.4 Å². The summed E-state index contributed by atoms with van der Waals surface area (Å²) in [6.45, 7) is 3.03. The minimum Gasteiger partial charge on any atom is -0.454 e. The minimum absolute atomic E-state index is 0.0989. The van der Waals surface area contributed by atoms with Crippen LogP contribution in [0.1, 0.15) is 35.2 Å². The van der Waals surface area contributed by atoms with Gasteiger partial charge < -0.3 is 19.3 Å². The van der Waals surface area contributed by atoms with Gasteiger partial charge >= 0.3 is 0 Å². The number of carbonyl (C=O) groups excluding carboxylic acids is 2. The van der Waals surface area contributed by atoms with Gasteiger partial charge in [-0.2, -0.15) is 0 Å². The second-order valence-corrected chi connectivity index (χ2v) is 8.42. The van der Waals surface area contributed by atoms with Crippen LogP contribution in [0.25, 0.3) is 0 Å². The summed E-state index contributed by atoms with van der Waals surface area (Å²) in [5, 5.41) is 0. The van der Waals surface area contributed by atoms with Gasteiger partial charge in [0.25, 0.3) is 5.91 Å². The standard InChI is InChI=1S/C24H26N2O4/c27-23-13-19-8-11-26(24(28)18-4-2-1-3-5-18)15-20(19)9-10-25(23)14-17-6-7-21-22(12-17)30-16-29-21/h1-7,12,19-20H,8-11,13-16H2. The molecular formula is C24H26N2O4. The molecule has 2 saturated heterocycles. The molecule has 0 aromatic heterocycles. The zero-order valence-corrected chi connectivity index (χ0v) is 17.0. The molecule has 0 spiro atoms. The molecule has 0 bridgehead atoms. The lowest BCUT2D eigenvalue weighted by atomic mass is 9.82. The molecule has 0 radical (unpaired) electrons. The van der Waals surface area contributed by atoms with E-state index in [1.54, 1.807) is 0 Å². The summed E-state index contributed by atoms with van der Waals surface area (Å²) in [5.41, 5.74) is 1.79. The van der Waals surface area contributed by atoms with Crippen molar-refractivity contribution in [2.24, 2.45) is 11.8 Å². The zero-order chi connectivity index (χ0) is 20.5. The molecule has 2 unspecified atom stereocenters. The number of amides is 2. The number of likely N-dealkylation sites (tertiary alicyclic amines) is 2. The Morgan fingerprint density at radius 2 is 1.77 bits per heavy atom. The first-order valence-electron chi connectivity index (χ1n) is 10.7. The molecule has 2 aromatic carbocycles. The fraction of sp³-hybridized carbons (Fsp3) is 0.417. The van der Waals surface area contributed by atoms with Crippen molar-refractivity contribution in [3.05, 3.63) is 59.7 Å². The van der Waals surface area contributed by atoms with Crippen LogP contribution in [0.15, 0.2) is 48.5 Å². The van der Waals surface area contributed by atoms with Gasteiger partial charge in [0.05, 0.1) is 0 Å². The zero-order valence-electron chi connectivity index (χ0n) is 17.0. The molecule has 2 aromatic rings. The maximum atomic E-state index is 12.9. The molecule has 5 rings (SSSR count). The largest absolute Gasteiger partial charge is 0.454 e. The van der Waals surface area contributed by atoms with E-state index in [2.05, 4.69) is 0 Å². The number of rotatable bonds is 3. The van der Waals surface area contributed by atoms with Crippen LogP contribution < -0.4 is 9.47 Å². The van der Waals surface area contributed by atoms with E-state index < -0.39 is 0 Å².